The van der Waals surface area contributed by atoms with Crippen LogP contribution in [-0.4, -0.2) is 21.1 Å². The maximum Gasteiger partial charge on any atom is 0.322 e. The second-order valence-electron chi connectivity index (χ2n) is 7.08. The molecule has 2 amide bonds. The number of aromatic amines is 1. The summed E-state index contributed by atoms with van der Waals surface area (Å²) in [5.41, 5.74) is 5.37. The van der Waals surface area contributed by atoms with Crippen molar-refractivity contribution >= 4 is 22.6 Å². The molecule has 126 valence electrons. The smallest absolute Gasteiger partial charge is 0.313 e. The van der Waals surface area contributed by atoms with Gasteiger partial charge < -0.3 is 10.2 Å². The van der Waals surface area contributed by atoms with Crippen molar-refractivity contribution in [2.45, 2.75) is 38.3 Å². The third-order valence-electron chi connectivity index (χ3n) is 5.37. The highest BCUT2D eigenvalue weighted by atomic mass is 16.2. The minimum Gasteiger partial charge on any atom is -0.313 e. The number of anilines is 1. The molecule has 1 aliphatic heterocycles. The molecule has 0 saturated heterocycles. The molecule has 1 unspecified atom stereocenters. The molecule has 1 fully saturated rings. The van der Waals surface area contributed by atoms with Crippen molar-refractivity contribution in [2.75, 3.05) is 5.32 Å². The highest BCUT2D eigenvalue weighted by Crippen LogP contribution is 2.43. The molecule has 0 bridgehead atoms. The van der Waals surface area contributed by atoms with E-state index in [-0.39, 0.29) is 12.1 Å². The maximum atomic E-state index is 12.6. The topological polar surface area (TPSA) is 61.0 Å². The zero-order valence-electron chi connectivity index (χ0n) is 14.1. The van der Waals surface area contributed by atoms with Gasteiger partial charge in [-0.05, 0) is 43.0 Å². The Morgan fingerprint density at radius 3 is 2.76 bits per heavy atom. The average molecular weight is 332 g/mol. The largest absolute Gasteiger partial charge is 0.322 e. The molecule has 0 radical (unpaired) electrons. The molecule has 2 N–H and O–H groups in total. The molecule has 5 heteroatoms. The number of aromatic nitrogens is 2. The van der Waals surface area contributed by atoms with Crippen molar-refractivity contribution in [3.63, 3.8) is 0 Å². The normalized spacial score (nSPS) is 18.1. The van der Waals surface area contributed by atoms with Crippen LogP contribution in [0.4, 0.5) is 10.5 Å². The first kappa shape index (κ1) is 14.5. The van der Waals surface area contributed by atoms with E-state index in [2.05, 4.69) is 40.6 Å². The van der Waals surface area contributed by atoms with Crippen LogP contribution in [0, 0.1) is 0 Å². The quantitative estimate of drug-likeness (QED) is 0.739. The van der Waals surface area contributed by atoms with Crippen LogP contribution in [0.2, 0.25) is 0 Å². The molecular formula is C20H20N4O. The lowest BCUT2D eigenvalue weighted by molar-refractivity contribution is 0.186. The molecule has 2 aromatic carbocycles. The molecule has 1 atom stereocenters. The third kappa shape index (κ3) is 2.38. The van der Waals surface area contributed by atoms with Crippen molar-refractivity contribution in [1.29, 1.82) is 0 Å². The number of carbonyl (C=O) groups is 1. The van der Waals surface area contributed by atoms with E-state index in [9.17, 15) is 4.79 Å². The maximum absolute atomic E-state index is 12.6. The van der Waals surface area contributed by atoms with E-state index < -0.39 is 0 Å². The number of H-pyrrole nitrogens is 1. The molecular weight excluding hydrogens is 312 g/mol. The molecule has 2 heterocycles. The van der Waals surface area contributed by atoms with Crippen molar-refractivity contribution in [2.24, 2.45) is 0 Å². The van der Waals surface area contributed by atoms with Gasteiger partial charge in [-0.2, -0.15) is 5.10 Å². The molecule has 5 nitrogen and oxygen atoms in total. The van der Waals surface area contributed by atoms with Crippen LogP contribution < -0.4 is 5.32 Å². The summed E-state index contributed by atoms with van der Waals surface area (Å²) in [5.74, 6) is 0.601. The van der Waals surface area contributed by atoms with E-state index in [4.69, 9.17) is 0 Å². The lowest BCUT2D eigenvalue weighted by Crippen LogP contribution is -2.40. The van der Waals surface area contributed by atoms with E-state index in [0.29, 0.717) is 12.5 Å². The highest BCUT2D eigenvalue weighted by Gasteiger charge is 2.31. The first-order valence-corrected chi connectivity index (χ1v) is 8.84. The van der Waals surface area contributed by atoms with E-state index in [1.165, 1.54) is 23.9 Å². The van der Waals surface area contributed by atoms with Crippen LogP contribution >= 0.6 is 0 Å². The predicted molar refractivity (Wildman–Crippen MR) is 97.5 cm³/mol. The summed E-state index contributed by atoms with van der Waals surface area (Å²) in [6, 6.07) is 14.4. The highest BCUT2D eigenvalue weighted by molar-refractivity contribution is 5.97. The second kappa shape index (κ2) is 5.34. The Kier molecular flexibility index (Phi) is 3.10. The Labute approximate surface area is 146 Å². The number of carbonyl (C=O) groups excluding carboxylic acids is 1. The number of urea groups is 1. The zero-order valence-corrected chi connectivity index (χ0v) is 14.1. The van der Waals surface area contributed by atoms with Crippen LogP contribution in [0.15, 0.2) is 42.5 Å². The SMILES string of the molecule is CC(c1ccccc1)N1Cc2cc3c(C4CC4)n[nH]c3cc2NC1=O. The van der Waals surface area contributed by atoms with E-state index in [1.54, 1.807) is 0 Å². The standard InChI is InChI=1S/C20H20N4O/c1-12(13-5-3-2-4-6-13)24-11-15-9-16-18(10-17(15)21-20(24)25)22-23-19(16)14-7-8-14/h2-6,9-10,12,14H,7-8,11H2,1H3,(H,21,25)(H,22,23). The minimum absolute atomic E-state index is 0.0253. The zero-order chi connectivity index (χ0) is 17.0. The number of nitrogens with one attached hydrogen (secondary N) is 2. The third-order valence-corrected chi connectivity index (χ3v) is 5.37. The minimum atomic E-state index is -0.0508. The molecule has 3 aromatic rings. The number of rotatable bonds is 3. The lowest BCUT2D eigenvalue weighted by Gasteiger charge is -2.34. The summed E-state index contributed by atoms with van der Waals surface area (Å²) < 4.78 is 0. The van der Waals surface area contributed by atoms with E-state index in [0.717, 1.165) is 22.3 Å². The van der Waals surface area contributed by atoms with Gasteiger partial charge in [0.25, 0.3) is 0 Å². The molecule has 2 aliphatic rings. The summed E-state index contributed by atoms with van der Waals surface area (Å²) in [5, 5.41) is 11.9. The van der Waals surface area contributed by atoms with E-state index >= 15 is 0 Å². The number of hydrogen-bond donors (Lipinski definition) is 2. The first-order chi connectivity index (χ1) is 12.2. The molecule has 5 rings (SSSR count). The average Bonchev–Trinajstić information content (AvgIpc) is 3.40. The number of fused-ring (bicyclic) bond motifs is 2. The van der Waals surface area contributed by atoms with Crippen molar-refractivity contribution in [3.05, 3.63) is 59.3 Å². The van der Waals surface area contributed by atoms with Gasteiger partial charge in [0.05, 0.1) is 23.8 Å². The van der Waals surface area contributed by atoms with Gasteiger partial charge in [-0.25, -0.2) is 4.79 Å². The molecule has 1 aliphatic carbocycles. The Bertz CT molecular complexity index is 958. The summed E-state index contributed by atoms with van der Waals surface area (Å²) in [6.07, 6.45) is 2.45. The van der Waals surface area contributed by atoms with E-state index in [1.807, 2.05) is 29.2 Å². The predicted octanol–water partition coefficient (Wildman–Crippen LogP) is 4.55. The van der Waals surface area contributed by atoms with Crippen molar-refractivity contribution in [1.82, 2.24) is 15.1 Å². The first-order valence-electron chi connectivity index (χ1n) is 8.84. The molecule has 1 saturated carbocycles. The Balaban J connectivity index is 1.52. The summed E-state index contributed by atoms with van der Waals surface area (Å²) >= 11 is 0. The van der Waals surface area contributed by atoms with Gasteiger partial charge in [-0.3, -0.25) is 5.10 Å². The lowest BCUT2D eigenvalue weighted by atomic mass is 10.0. The Hall–Kier alpha value is -2.82. The number of amides is 2. The van der Waals surface area contributed by atoms with Gasteiger partial charge in [0.15, 0.2) is 0 Å². The van der Waals surface area contributed by atoms with Crippen LogP contribution in [0.3, 0.4) is 0 Å². The second-order valence-corrected chi connectivity index (χ2v) is 7.08. The van der Waals surface area contributed by atoms with Gasteiger partial charge in [0, 0.05) is 17.0 Å². The summed E-state index contributed by atoms with van der Waals surface area (Å²) in [6.45, 7) is 2.69. The van der Waals surface area contributed by atoms with Gasteiger partial charge in [-0.15, -0.1) is 0 Å². The van der Waals surface area contributed by atoms with Gasteiger partial charge in [0.1, 0.15) is 0 Å². The van der Waals surface area contributed by atoms with Crippen LogP contribution in [0.5, 0.6) is 0 Å². The van der Waals surface area contributed by atoms with Gasteiger partial charge >= 0.3 is 6.03 Å². The van der Waals surface area contributed by atoms with Crippen LogP contribution in [-0.2, 0) is 6.54 Å². The fourth-order valence-corrected chi connectivity index (χ4v) is 3.71. The Morgan fingerprint density at radius 2 is 2.00 bits per heavy atom. The number of hydrogen-bond acceptors (Lipinski definition) is 2. The van der Waals surface area contributed by atoms with Gasteiger partial charge in [0.2, 0.25) is 0 Å². The number of benzene rings is 2. The fraction of sp³-hybridized carbons (Fsp3) is 0.300. The fourth-order valence-electron chi connectivity index (χ4n) is 3.71. The summed E-state index contributed by atoms with van der Waals surface area (Å²) in [4.78, 5) is 14.5. The summed E-state index contributed by atoms with van der Waals surface area (Å²) in [7, 11) is 0. The van der Waals surface area contributed by atoms with Gasteiger partial charge in [-0.1, -0.05) is 30.3 Å². The Morgan fingerprint density at radius 1 is 1.20 bits per heavy atom. The van der Waals surface area contributed by atoms with Crippen LogP contribution in [0.25, 0.3) is 10.9 Å². The molecule has 1 aromatic heterocycles. The molecule has 0 spiro atoms. The number of nitrogens with zero attached hydrogens (tertiary/aromatic N) is 2. The molecule has 25 heavy (non-hydrogen) atoms. The van der Waals surface area contributed by atoms with Crippen LogP contribution in [0.1, 0.15) is 48.5 Å². The monoisotopic (exact) mass is 332 g/mol. The van der Waals surface area contributed by atoms with Crippen molar-refractivity contribution in [3.8, 4) is 0 Å². The van der Waals surface area contributed by atoms with Crippen molar-refractivity contribution < 1.29 is 4.79 Å².